The fourth-order valence-electron chi connectivity index (χ4n) is 2.32. The second-order valence-corrected chi connectivity index (χ2v) is 6.27. The van der Waals surface area contributed by atoms with Crippen molar-refractivity contribution in [2.45, 2.75) is 46.0 Å². The molecule has 0 amide bonds. The van der Waals surface area contributed by atoms with Gasteiger partial charge in [-0.05, 0) is 34.1 Å². The molecule has 2 aromatic carbocycles. The molecule has 0 nitrogen and oxygen atoms in total. The highest BCUT2D eigenvalue weighted by molar-refractivity contribution is 5.64. The highest BCUT2D eigenvalue weighted by atomic mass is 14.2. The van der Waals surface area contributed by atoms with Crippen molar-refractivity contribution >= 4 is 0 Å². The molecular formula is C19H24. The first-order valence-electron chi connectivity index (χ1n) is 7.20. The highest BCUT2D eigenvalue weighted by Crippen LogP contribution is 2.26. The van der Waals surface area contributed by atoms with Crippen LogP contribution in [0.4, 0.5) is 0 Å². The molecule has 19 heavy (non-hydrogen) atoms. The summed E-state index contributed by atoms with van der Waals surface area (Å²) in [7, 11) is 0. The van der Waals surface area contributed by atoms with Gasteiger partial charge in [0.1, 0.15) is 0 Å². The van der Waals surface area contributed by atoms with Gasteiger partial charge in [-0.25, -0.2) is 0 Å². The maximum Gasteiger partial charge on any atom is -0.0132 e. The number of hydrogen-bond acceptors (Lipinski definition) is 0. The van der Waals surface area contributed by atoms with E-state index in [1.165, 1.54) is 35.1 Å². The Kier molecular flexibility index (Phi) is 4.09. The van der Waals surface area contributed by atoms with Crippen LogP contribution in [0.25, 0.3) is 11.1 Å². The smallest absolute Gasteiger partial charge is 0.0132 e. The first kappa shape index (κ1) is 13.9. The topological polar surface area (TPSA) is 0 Å². The quantitative estimate of drug-likeness (QED) is 0.666. The van der Waals surface area contributed by atoms with Crippen LogP contribution in [0.15, 0.2) is 48.5 Å². The number of rotatable bonds is 3. The van der Waals surface area contributed by atoms with Gasteiger partial charge in [0.2, 0.25) is 0 Å². The first-order valence-corrected chi connectivity index (χ1v) is 7.20. The van der Waals surface area contributed by atoms with Crippen LogP contribution in [0.3, 0.4) is 0 Å². The zero-order valence-corrected chi connectivity index (χ0v) is 12.5. The maximum atomic E-state index is 2.25. The van der Waals surface area contributed by atoms with Gasteiger partial charge in [-0.15, -0.1) is 0 Å². The van der Waals surface area contributed by atoms with Crippen molar-refractivity contribution in [1.82, 2.24) is 0 Å². The Morgan fingerprint density at radius 3 is 1.63 bits per heavy atom. The third-order valence-corrected chi connectivity index (χ3v) is 3.58. The Balaban J connectivity index is 2.22. The van der Waals surface area contributed by atoms with E-state index < -0.39 is 0 Å². The Bertz CT molecular complexity index is 509. The second-order valence-electron chi connectivity index (χ2n) is 6.27. The number of benzene rings is 2. The van der Waals surface area contributed by atoms with Crippen LogP contribution in [-0.2, 0) is 11.8 Å². The molecule has 0 aliphatic heterocycles. The third kappa shape index (κ3) is 3.47. The Labute approximate surface area is 117 Å². The molecule has 0 radical (unpaired) electrons. The van der Waals surface area contributed by atoms with E-state index in [0.717, 1.165) is 0 Å². The van der Waals surface area contributed by atoms with Crippen molar-refractivity contribution in [3.63, 3.8) is 0 Å². The zero-order chi connectivity index (χ0) is 13.9. The minimum Gasteiger partial charge on any atom is -0.0651 e. The normalized spacial score (nSPS) is 11.6. The van der Waals surface area contributed by atoms with Gasteiger partial charge in [0.25, 0.3) is 0 Å². The monoisotopic (exact) mass is 252 g/mol. The van der Waals surface area contributed by atoms with Gasteiger partial charge in [-0.1, -0.05) is 82.6 Å². The van der Waals surface area contributed by atoms with Crippen molar-refractivity contribution < 1.29 is 0 Å². The van der Waals surface area contributed by atoms with Gasteiger partial charge in [0.15, 0.2) is 0 Å². The van der Waals surface area contributed by atoms with Gasteiger partial charge in [-0.3, -0.25) is 0 Å². The van der Waals surface area contributed by atoms with Crippen molar-refractivity contribution in [1.29, 1.82) is 0 Å². The lowest BCUT2D eigenvalue weighted by atomic mass is 9.86. The maximum absolute atomic E-state index is 2.25. The predicted octanol–water partition coefficient (Wildman–Crippen LogP) is 5.60. The van der Waals surface area contributed by atoms with Crippen LogP contribution >= 0.6 is 0 Å². The van der Waals surface area contributed by atoms with E-state index in [1.807, 2.05) is 0 Å². The van der Waals surface area contributed by atoms with Gasteiger partial charge in [0.05, 0.1) is 0 Å². The minimum absolute atomic E-state index is 0.226. The van der Waals surface area contributed by atoms with Gasteiger partial charge < -0.3 is 0 Å². The summed E-state index contributed by atoms with van der Waals surface area (Å²) in [4.78, 5) is 0. The highest BCUT2D eigenvalue weighted by Gasteiger charge is 2.12. The summed E-state index contributed by atoms with van der Waals surface area (Å²) in [5, 5.41) is 0. The summed E-state index contributed by atoms with van der Waals surface area (Å²) in [6, 6.07) is 17.9. The van der Waals surface area contributed by atoms with Crippen molar-refractivity contribution in [2.75, 3.05) is 0 Å². The average molecular weight is 252 g/mol. The second kappa shape index (κ2) is 5.61. The number of aryl methyl sites for hydroxylation is 1. The molecule has 0 atom stereocenters. The number of hydrogen-bond donors (Lipinski definition) is 0. The van der Waals surface area contributed by atoms with E-state index in [-0.39, 0.29) is 5.41 Å². The summed E-state index contributed by atoms with van der Waals surface area (Å²) >= 11 is 0. The fraction of sp³-hybridized carbons (Fsp3) is 0.368. The van der Waals surface area contributed by atoms with Crippen LogP contribution in [0.2, 0.25) is 0 Å². The third-order valence-electron chi connectivity index (χ3n) is 3.58. The van der Waals surface area contributed by atoms with Crippen LogP contribution < -0.4 is 0 Å². The lowest BCUT2D eigenvalue weighted by molar-refractivity contribution is 0.590. The van der Waals surface area contributed by atoms with Gasteiger partial charge in [0, 0.05) is 0 Å². The van der Waals surface area contributed by atoms with E-state index in [4.69, 9.17) is 0 Å². The van der Waals surface area contributed by atoms with Crippen LogP contribution in [0.5, 0.6) is 0 Å². The molecule has 0 aliphatic carbocycles. The lowest BCUT2D eigenvalue weighted by Gasteiger charge is -2.19. The molecule has 0 heteroatoms. The van der Waals surface area contributed by atoms with Crippen LogP contribution in [0, 0.1) is 0 Å². The molecule has 0 saturated carbocycles. The van der Waals surface area contributed by atoms with Gasteiger partial charge >= 0.3 is 0 Å². The molecule has 0 fully saturated rings. The van der Waals surface area contributed by atoms with E-state index in [1.54, 1.807) is 0 Å². The summed E-state index contributed by atoms with van der Waals surface area (Å²) in [5.74, 6) is 0. The SMILES string of the molecule is CCCc1ccc(-c2ccc(C(C)(C)C)cc2)cc1. The van der Waals surface area contributed by atoms with E-state index in [9.17, 15) is 0 Å². The Morgan fingerprint density at radius 1 is 0.737 bits per heavy atom. The predicted molar refractivity (Wildman–Crippen MR) is 84.6 cm³/mol. The van der Waals surface area contributed by atoms with Gasteiger partial charge in [-0.2, -0.15) is 0 Å². The Morgan fingerprint density at radius 2 is 1.21 bits per heavy atom. The van der Waals surface area contributed by atoms with Crippen molar-refractivity contribution in [2.24, 2.45) is 0 Å². The molecule has 0 unspecified atom stereocenters. The fourth-order valence-corrected chi connectivity index (χ4v) is 2.32. The molecule has 0 N–H and O–H groups in total. The molecule has 100 valence electrons. The van der Waals surface area contributed by atoms with E-state index >= 15 is 0 Å². The molecule has 0 bridgehead atoms. The van der Waals surface area contributed by atoms with Crippen LogP contribution in [0.1, 0.15) is 45.2 Å². The zero-order valence-electron chi connectivity index (χ0n) is 12.5. The summed E-state index contributed by atoms with van der Waals surface area (Å²) in [6.45, 7) is 8.98. The molecule has 0 heterocycles. The van der Waals surface area contributed by atoms with E-state index in [0.29, 0.717) is 0 Å². The summed E-state index contributed by atoms with van der Waals surface area (Å²) < 4.78 is 0. The minimum atomic E-state index is 0.226. The van der Waals surface area contributed by atoms with Crippen molar-refractivity contribution in [3.8, 4) is 11.1 Å². The average Bonchev–Trinajstić information content (AvgIpc) is 2.39. The molecule has 0 spiro atoms. The molecule has 0 aliphatic rings. The standard InChI is InChI=1S/C19H24/c1-5-6-15-7-9-16(10-8-15)17-11-13-18(14-12-17)19(2,3)4/h7-14H,5-6H2,1-4H3. The summed E-state index contributed by atoms with van der Waals surface area (Å²) in [6.07, 6.45) is 2.38. The van der Waals surface area contributed by atoms with E-state index in [2.05, 4.69) is 76.2 Å². The molecule has 2 rings (SSSR count). The molecular weight excluding hydrogens is 228 g/mol. The molecule has 0 aromatic heterocycles. The lowest BCUT2D eigenvalue weighted by Crippen LogP contribution is -2.10. The van der Waals surface area contributed by atoms with Crippen LogP contribution in [-0.4, -0.2) is 0 Å². The molecule has 0 saturated heterocycles. The Hall–Kier alpha value is -1.56. The largest absolute Gasteiger partial charge is 0.0651 e. The summed E-state index contributed by atoms with van der Waals surface area (Å²) in [5.41, 5.74) is 5.65. The molecule has 2 aromatic rings. The first-order chi connectivity index (χ1) is 9.00. The van der Waals surface area contributed by atoms with Crippen molar-refractivity contribution in [3.05, 3.63) is 59.7 Å².